The molecule has 4 nitrogen and oxygen atoms in total. The van der Waals surface area contributed by atoms with Crippen molar-refractivity contribution in [3.63, 3.8) is 0 Å². The fourth-order valence-corrected chi connectivity index (χ4v) is 4.81. The third kappa shape index (κ3) is 3.54. The quantitative estimate of drug-likeness (QED) is 0.559. The Morgan fingerprint density at radius 3 is 2.66 bits per heavy atom. The molecule has 1 amide bonds. The van der Waals surface area contributed by atoms with Crippen LogP contribution in [-0.2, 0) is 4.79 Å². The number of fused-ring (bicyclic) bond motifs is 1. The van der Waals surface area contributed by atoms with Gasteiger partial charge in [-0.15, -0.1) is 0 Å². The Balaban J connectivity index is 1.43. The number of amides is 1. The summed E-state index contributed by atoms with van der Waals surface area (Å²) in [5.41, 5.74) is 3.17. The number of benzene rings is 2. The summed E-state index contributed by atoms with van der Waals surface area (Å²) in [6, 6.07) is 12.2. The smallest absolute Gasteiger partial charge is 0.226 e. The van der Waals surface area contributed by atoms with Gasteiger partial charge in [-0.05, 0) is 61.1 Å². The highest BCUT2D eigenvalue weighted by molar-refractivity contribution is 5.81. The number of oxazole rings is 1. The van der Waals surface area contributed by atoms with Crippen molar-refractivity contribution in [2.75, 3.05) is 6.54 Å². The third-order valence-electron chi connectivity index (χ3n) is 6.34. The molecule has 2 aromatic carbocycles. The predicted molar refractivity (Wildman–Crippen MR) is 110 cm³/mol. The Bertz CT molecular complexity index is 1040. The lowest BCUT2D eigenvalue weighted by Gasteiger charge is -2.29. The van der Waals surface area contributed by atoms with Crippen LogP contribution in [0, 0.1) is 11.7 Å². The molecule has 0 unspecified atom stereocenters. The van der Waals surface area contributed by atoms with Crippen LogP contribution in [0.4, 0.5) is 4.39 Å². The van der Waals surface area contributed by atoms with Gasteiger partial charge in [0.25, 0.3) is 0 Å². The van der Waals surface area contributed by atoms with Crippen LogP contribution in [0.2, 0.25) is 0 Å². The molecular formula is C24H25FN2O2. The minimum absolute atomic E-state index is 0.0746. The van der Waals surface area contributed by atoms with E-state index in [0.717, 1.165) is 61.7 Å². The van der Waals surface area contributed by atoms with E-state index in [-0.39, 0.29) is 23.7 Å². The molecule has 2 heterocycles. The van der Waals surface area contributed by atoms with E-state index in [9.17, 15) is 9.18 Å². The number of rotatable bonds is 3. The lowest BCUT2D eigenvalue weighted by molar-refractivity contribution is -0.137. The van der Waals surface area contributed by atoms with Crippen molar-refractivity contribution < 1.29 is 13.6 Å². The van der Waals surface area contributed by atoms with Gasteiger partial charge in [0, 0.05) is 12.5 Å². The topological polar surface area (TPSA) is 46.3 Å². The summed E-state index contributed by atoms with van der Waals surface area (Å²) < 4.78 is 19.6. The Labute approximate surface area is 169 Å². The maximum absolute atomic E-state index is 13.6. The van der Waals surface area contributed by atoms with Gasteiger partial charge in [0.05, 0.1) is 0 Å². The molecule has 1 saturated heterocycles. The highest BCUT2D eigenvalue weighted by atomic mass is 19.1. The van der Waals surface area contributed by atoms with Gasteiger partial charge in [0.2, 0.25) is 11.8 Å². The monoisotopic (exact) mass is 392 g/mol. The van der Waals surface area contributed by atoms with Gasteiger partial charge in [-0.1, -0.05) is 37.5 Å². The Hall–Kier alpha value is -2.69. The van der Waals surface area contributed by atoms with Crippen molar-refractivity contribution >= 4 is 17.0 Å². The second-order valence-electron chi connectivity index (χ2n) is 8.27. The molecule has 1 aliphatic heterocycles. The predicted octanol–water partition coefficient (Wildman–Crippen LogP) is 5.88. The molecule has 29 heavy (non-hydrogen) atoms. The first-order valence-corrected chi connectivity index (χ1v) is 10.7. The number of hydrogen-bond donors (Lipinski definition) is 0. The largest absolute Gasteiger partial charge is 0.438 e. The lowest BCUT2D eigenvalue weighted by Crippen LogP contribution is -2.36. The number of aromatic nitrogens is 1. The average Bonchev–Trinajstić information content (AvgIpc) is 3.40. The van der Waals surface area contributed by atoms with Gasteiger partial charge in [-0.3, -0.25) is 4.79 Å². The van der Waals surface area contributed by atoms with Gasteiger partial charge < -0.3 is 9.32 Å². The number of hydrogen-bond acceptors (Lipinski definition) is 3. The van der Waals surface area contributed by atoms with Crippen molar-refractivity contribution in [2.45, 2.75) is 51.0 Å². The summed E-state index contributed by atoms with van der Waals surface area (Å²) in [5.74, 6) is 0.799. The highest BCUT2D eigenvalue weighted by Crippen LogP contribution is 2.37. The van der Waals surface area contributed by atoms with Crippen LogP contribution in [0.5, 0.6) is 0 Å². The van der Waals surface area contributed by atoms with E-state index in [0.29, 0.717) is 11.5 Å². The van der Waals surface area contributed by atoms with Gasteiger partial charge in [-0.2, -0.15) is 0 Å². The number of halogens is 1. The average molecular weight is 392 g/mol. The van der Waals surface area contributed by atoms with E-state index >= 15 is 0 Å². The van der Waals surface area contributed by atoms with Crippen LogP contribution in [0.1, 0.15) is 56.9 Å². The van der Waals surface area contributed by atoms with Gasteiger partial charge in [0.1, 0.15) is 17.4 Å². The molecule has 1 atom stereocenters. The van der Waals surface area contributed by atoms with E-state index < -0.39 is 0 Å². The van der Waals surface area contributed by atoms with Crippen LogP contribution in [-0.4, -0.2) is 22.3 Å². The van der Waals surface area contributed by atoms with Crippen molar-refractivity contribution in [3.8, 4) is 11.1 Å². The molecule has 5 rings (SSSR count). The van der Waals surface area contributed by atoms with Crippen LogP contribution in [0.15, 0.2) is 46.9 Å². The van der Waals surface area contributed by atoms with Crippen molar-refractivity contribution in [1.29, 1.82) is 0 Å². The number of likely N-dealkylation sites (tertiary alicyclic amines) is 1. The molecule has 0 radical (unpaired) electrons. The van der Waals surface area contributed by atoms with Crippen molar-refractivity contribution in [1.82, 2.24) is 9.88 Å². The van der Waals surface area contributed by atoms with Crippen LogP contribution < -0.4 is 0 Å². The number of nitrogens with zero attached hydrogens (tertiary/aromatic N) is 2. The summed E-state index contributed by atoms with van der Waals surface area (Å²) in [4.78, 5) is 19.8. The highest BCUT2D eigenvalue weighted by Gasteiger charge is 2.36. The molecule has 2 fully saturated rings. The first-order chi connectivity index (χ1) is 14.2. The summed E-state index contributed by atoms with van der Waals surface area (Å²) in [6.07, 6.45) is 7.44. The fourth-order valence-electron chi connectivity index (χ4n) is 4.81. The molecule has 2 aliphatic rings. The van der Waals surface area contributed by atoms with E-state index in [1.165, 1.54) is 18.6 Å². The summed E-state index contributed by atoms with van der Waals surface area (Å²) in [6.45, 7) is 0.785. The number of carbonyl (C=O) groups is 1. The Kier molecular flexibility index (Phi) is 4.82. The molecule has 0 bridgehead atoms. The zero-order chi connectivity index (χ0) is 19.8. The van der Waals surface area contributed by atoms with Gasteiger partial charge in [-0.25, -0.2) is 9.37 Å². The molecule has 3 aromatic rings. The molecule has 0 N–H and O–H groups in total. The van der Waals surface area contributed by atoms with E-state index in [1.54, 1.807) is 6.07 Å². The standard InChI is InChI=1S/C24H25FN2O2/c25-19-9-4-8-17(14-19)18-11-12-22-20(15-18)26-23(29-22)21-10-5-13-27(21)24(28)16-6-2-1-3-7-16/h4,8-9,11-12,14-16,21H,1-3,5-7,10,13H2/t21-/m0/s1. The molecule has 0 spiro atoms. The molecule has 1 aliphatic carbocycles. The zero-order valence-electron chi connectivity index (χ0n) is 16.4. The van der Waals surface area contributed by atoms with Crippen LogP contribution in [0.3, 0.4) is 0 Å². The number of carbonyl (C=O) groups excluding carboxylic acids is 1. The molecular weight excluding hydrogens is 367 g/mol. The van der Waals surface area contributed by atoms with Crippen molar-refractivity contribution in [2.24, 2.45) is 5.92 Å². The summed E-state index contributed by atoms with van der Waals surface area (Å²) in [5, 5.41) is 0. The molecule has 5 heteroatoms. The molecule has 1 saturated carbocycles. The first-order valence-electron chi connectivity index (χ1n) is 10.7. The zero-order valence-corrected chi connectivity index (χ0v) is 16.4. The normalized spacial score (nSPS) is 20.4. The third-order valence-corrected chi connectivity index (χ3v) is 6.34. The van der Waals surface area contributed by atoms with Gasteiger partial charge in [0.15, 0.2) is 5.58 Å². The second-order valence-corrected chi connectivity index (χ2v) is 8.27. The van der Waals surface area contributed by atoms with Crippen LogP contribution >= 0.6 is 0 Å². The van der Waals surface area contributed by atoms with E-state index in [4.69, 9.17) is 9.40 Å². The van der Waals surface area contributed by atoms with Crippen LogP contribution in [0.25, 0.3) is 22.2 Å². The SMILES string of the molecule is O=C(C1CCCCC1)N1CCC[C@H]1c1nc2cc(-c3cccc(F)c3)ccc2o1. The molecule has 1 aromatic heterocycles. The molecule has 150 valence electrons. The van der Waals surface area contributed by atoms with Crippen molar-refractivity contribution in [3.05, 3.63) is 54.2 Å². The Morgan fingerprint density at radius 1 is 1.00 bits per heavy atom. The van der Waals surface area contributed by atoms with E-state index in [1.807, 2.05) is 29.2 Å². The second kappa shape index (κ2) is 7.62. The van der Waals surface area contributed by atoms with E-state index in [2.05, 4.69) is 0 Å². The Morgan fingerprint density at radius 2 is 1.83 bits per heavy atom. The van der Waals surface area contributed by atoms with Gasteiger partial charge >= 0.3 is 0 Å². The first kappa shape index (κ1) is 18.3. The lowest BCUT2D eigenvalue weighted by atomic mass is 9.88. The maximum Gasteiger partial charge on any atom is 0.226 e. The summed E-state index contributed by atoms with van der Waals surface area (Å²) in [7, 11) is 0. The summed E-state index contributed by atoms with van der Waals surface area (Å²) >= 11 is 0. The maximum atomic E-state index is 13.6. The minimum Gasteiger partial charge on any atom is -0.438 e. The fraction of sp³-hybridized carbons (Fsp3) is 0.417. The minimum atomic E-state index is -0.258.